The zero-order valence-corrected chi connectivity index (χ0v) is 16.3. The Hall–Kier alpha value is -2.01. The highest BCUT2D eigenvalue weighted by Crippen LogP contribution is 2.22. The maximum absolute atomic E-state index is 5.58. The molecule has 1 unspecified atom stereocenters. The molecule has 5 nitrogen and oxygen atoms in total. The van der Waals surface area contributed by atoms with Crippen LogP contribution in [0.4, 0.5) is 0 Å². The molecular formula is C21H32N4O. The van der Waals surface area contributed by atoms with Crippen molar-refractivity contribution in [1.29, 1.82) is 0 Å². The summed E-state index contributed by atoms with van der Waals surface area (Å²) in [5.41, 5.74) is 4.04. The molecule has 3 rings (SSSR count). The van der Waals surface area contributed by atoms with Gasteiger partial charge in [-0.1, -0.05) is 25.1 Å². The monoisotopic (exact) mass is 356 g/mol. The van der Waals surface area contributed by atoms with Crippen molar-refractivity contribution in [2.45, 2.75) is 33.1 Å². The van der Waals surface area contributed by atoms with Gasteiger partial charge in [0.25, 0.3) is 0 Å². The Morgan fingerprint density at radius 2 is 2.23 bits per heavy atom. The maximum Gasteiger partial charge on any atom is 0.193 e. The van der Waals surface area contributed by atoms with Crippen LogP contribution in [0.25, 0.3) is 10.9 Å². The predicted molar refractivity (Wildman–Crippen MR) is 109 cm³/mol. The SMILES string of the molecule is CCOCC1CCN(C(=NC)NCCc2c[nH]c3c(CC)cccc23)C1. The summed E-state index contributed by atoms with van der Waals surface area (Å²) in [5, 5.41) is 4.89. The van der Waals surface area contributed by atoms with Crippen LogP contribution >= 0.6 is 0 Å². The molecule has 1 saturated heterocycles. The number of benzene rings is 1. The van der Waals surface area contributed by atoms with Crippen molar-refractivity contribution in [3.63, 3.8) is 0 Å². The number of aromatic nitrogens is 1. The van der Waals surface area contributed by atoms with Crippen LogP contribution in [0.5, 0.6) is 0 Å². The van der Waals surface area contributed by atoms with Gasteiger partial charge in [-0.2, -0.15) is 0 Å². The van der Waals surface area contributed by atoms with E-state index in [1.54, 1.807) is 0 Å². The number of likely N-dealkylation sites (tertiary alicyclic amines) is 1. The molecule has 2 aromatic rings. The smallest absolute Gasteiger partial charge is 0.193 e. The van der Waals surface area contributed by atoms with E-state index in [2.05, 4.69) is 58.4 Å². The molecule has 1 aromatic heterocycles. The van der Waals surface area contributed by atoms with Crippen molar-refractivity contribution in [2.24, 2.45) is 10.9 Å². The van der Waals surface area contributed by atoms with Gasteiger partial charge < -0.3 is 19.9 Å². The minimum Gasteiger partial charge on any atom is -0.381 e. The first-order valence-electron chi connectivity index (χ1n) is 9.88. The van der Waals surface area contributed by atoms with Crippen molar-refractivity contribution in [3.8, 4) is 0 Å². The summed E-state index contributed by atoms with van der Waals surface area (Å²) in [4.78, 5) is 10.3. The number of nitrogens with zero attached hydrogens (tertiary/aromatic N) is 2. The highest BCUT2D eigenvalue weighted by atomic mass is 16.5. The number of aromatic amines is 1. The summed E-state index contributed by atoms with van der Waals surface area (Å²) in [5.74, 6) is 1.63. The van der Waals surface area contributed by atoms with E-state index in [0.717, 1.165) is 51.6 Å². The van der Waals surface area contributed by atoms with E-state index in [1.807, 2.05) is 7.05 Å². The highest BCUT2D eigenvalue weighted by Gasteiger charge is 2.24. The van der Waals surface area contributed by atoms with Gasteiger partial charge in [-0.25, -0.2) is 0 Å². The van der Waals surface area contributed by atoms with Gasteiger partial charge >= 0.3 is 0 Å². The molecule has 0 spiro atoms. The van der Waals surface area contributed by atoms with Crippen molar-refractivity contribution in [1.82, 2.24) is 15.2 Å². The molecule has 2 N–H and O–H groups in total. The van der Waals surface area contributed by atoms with E-state index < -0.39 is 0 Å². The van der Waals surface area contributed by atoms with E-state index in [-0.39, 0.29) is 0 Å². The lowest BCUT2D eigenvalue weighted by molar-refractivity contribution is 0.114. The van der Waals surface area contributed by atoms with Crippen LogP contribution in [0.1, 0.15) is 31.4 Å². The summed E-state index contributed by atoms with van der Waals surface area (Å²) in [6.07, 6.45) is 5.38. The molecule has 5 heteroatoms. The van der Waals surface area contributed by atoms with Gasteiger partial charge in [-0.3, -0.25) is 4.99 Å². The minimum absolute atomic E-state index is 0.620. The van der Waals surface area contributed by atoms with Gasteiger partial charge in [-0.05, 0) is 37.3 Å². The zero-order chi connectivity index (χ0) is 18.4. The number of para-hydroxylation sites is 1. The quantitative estimate of drug-likeness (QED) is 0.592. The number of aryl methyl sites for hydroxylation is 1. The number of H-pyrrole nitrogens is 1. The topological polar surface area (TPSA) is 52.6 Å². The summed E-state index contributed by atoms with van der Waals surface area (Å²) in [6.45, 7) is 8.91. The number of guanidine groups is 1. The lowest BCUT2D eigenvalue weighted by Gasteiger charge is -2.21. The Kier molecular flexibility index (Phi) is 6.56. The second kappa shape index (κ2) is 9.08. The Bertz CT molecular complexity index is 737. The third-order valence-electron chi connectivity index (χ3n) is 5.30. The summed E-state index contributed by atoms with van der Waals surface area (Å²) in [6, 6.07) is 6.58. The van der Waals surface area contributed by atoms with Gasteiger partial charge in [0.05, 0.1) is 6.61 Å². The average molecular weight is 357 g/mol. The van der Waals surface area contributed by atoms with Gasteiger partial charge in [-0.15, -0.1) is 0 Å². The summed E-state index contributed by atoms with van der Waals surface area (Å²) >= 11 is 0. The van der Waals surface area contributed by atoms with Crippen molar-refractivity contribution in [3.05, 3.63) is 35.5 Å². The van der Waals surface area contributed by atoms with Crippen LogP contribution in [0.2, 0.25) is 0 Å². The molecule has 1 aromatic carbocycles. The van der Waals surface area contributed by atoms with Crippen LogP contribution in [0.15, 0.2) is 29.4 Å². The molecule has 2 heterocycles. The molecule has 0 radical (unpaired) electrons. The first-order valence-corrected chi connectivity index (χ1v) is 9.88. The molecule has 1 fully saturated rings. The second-order valence-corrected chi connectivity index (χ2v) is 6.99. The van der Waals surface area contributed by atoms with Crippen molar-refractivity contribution < 1.29 is 4.74 Å². The molecular weight excluding hydrogens is 324 g/mol. The molecule has 0 bridgehead atoms. The van der Waals surface area contributed by atoms with Crippen molar-refractivity contribution in [2.75, 3.05) is 39.9 Å². The molecule has 1 atom stereocenters. The Morgan fingerprint density at radius 1 is 1.35 bits per heavy atom. The molecule has 0 saturated carbocycles. The molecule has 26 heavy (non-hydrogen) atoms. The fourth-order valence-corrected chi connectivity index (χ4v) is 3.86. The maximum atomic E-state index is 5.58. The fourth-order valence-electron chi connectivity index (χ4n) is 3.86. The van der Waals surface area contributed by atoms with Crippen LogP contribution < -0.4 is 5.32 Å². The predicted octanol–water partition coefficient (Wildman–Crippen LogP) is 3.21. The normalized spacial score (nSPS) is 18.0. The van der Waals surface area contributed by atoms with Crippen LogP contribution in [0, 0.1) is 5.92 Å². The zero-order valence-electron chi connectivity index (χ0n) is 16.3. The summed E-state index contributed by atoms with van der Waals surface area (Å²) in [7, 11) is 1.87. The number of nitrogens with one attached hydrogen (secondary N) is 2. The van der Waals surface area contributed by atoms with E-state index in [1.165, 1.54) is 28.5 Å². The Balaban J connectivity index is 1.54. The number of ether oxygens (including phenoxy) is 1. The molecule has 142 valence electrons. The lowest BCUT2D eigenvalue weighted by Crippen LogP contribution is -2.41. The highest BCUT2D eigenvalue weighted by molar-refractivity contribution is 5.86. The first kappa shape index (κ1) is 18.8. The third-order valence-corrected chi connectivity index (χ3v) is 5.30. The van der Waals surface area contributed by atoms with Crippen LogP contribution in [-0.2, 0) is 17.6 Å². The Morgan fingerprint density at radius 3 is 3.00 bits per heavy atom. The number of hydrogen-bond acceptors (Lipinski definition) is 2. The van der Waals surface area contributed by atoms with E-state index in [0.29, 0.717) is 5.92 Å². The molecule has 0 amide bonds. The number of fused-ring (bicyclic) bond motifs is 1. The lowest BCUT2D eigenvalue weighted by atomic mass is 10.1. The van der Waals surface area contributed by atoms with Gasteiger partial charge in [0.1, 0.15) is 0 Å². The molecule has 1 aliphatic rings. The standard InChI is InChI=1S/C21H32N4O/c1-4-17-7-6-8-19-18(13-24-20(17)19)9-11-23-21(22-3)25-12-10-16(14-25)15-26-5-2/h6-8,13,16,24H,4-5,9-12,14-15H2,1-3H3,(H,22,23). The van der Waals surface area contributed by atoms with Crippen LogP contribution in [0.3, 0.4) is 0 Å². The number of rotatable bonds is 7. The third kappa shape index (κ3) is 4.21. The second-order valence-electron chi connectivity index (χ2n) is 6.99. The number of aliphatic imine (C=N–C) groups is 1. The number of hydrogen-bond donors (Lipinski definition) is 2. The molecule has 0 aliphatic carbocycles. The van der Waals surface area contributed by atoms with Gasteiger partial charge in [0.15, 0.2) is 5.96 Å². The van der Waals surface area contributed by atoms with Crippen molar-refractivity contribution >= 4 is 16.9 Å². The Labute approximate surface area is 156 Å². The van der Waals surface area contributed by atoms with Gasteiger partial charge in [0.2, 0.25) is 0 Å². The fraction of sp³-hybridized carbons (Fsp3) is 0.571. The minimum atomic E-state index is 0.620. The van der Waals surface area contributed by atoms with Gasteiger partial charge in [0, 0.05) is 56.3 Å². The van der Waals surface area contributed by atoms with Crippen LogP contribution in [-0.4, -0.2) is 55.7 Å². The molecule has 1 aliphatic heterocycles. The summed E-state index contributed by atoms with van der Waals surface area (Å²) < 4.78 is 5.58. The van der Waals surface area contributed by atoms with E-state index in [9.17, 15) is 0 Å². The largest absolute Gasteiger partial charge is 0.381 e. The average Bonchev–Trinajstić information content (AvgIpc) is 3.30. The first-order chi connectivity index (χ1) is 12.8. The van der Waals surface area contributed by atoms with E-state index in [4.69, 9.17) is 4.74 Å². The van der Waals surface area contributed by atoms with E-state index >= 15 is 0 Å².